The predicted octanol–water partition coefficient (Wildman–Crippen LogP) is 0.635. The van der Waals surface area contributed by atoms with E-state index in [1.807, 2.05) is 0 Å². The Balaban J connectivity index is 2.23. The summed E-state index contributed by atoms with van der Waals surface area (Å²) in [6, 6.07) is 2.99. The highest BCUT2D eigenvalue weighted by Crippen LogP contribution is 2.40. The van der Waals surface area contributed by atoms with Crippen LogP contribution in [0.15, 0.2) is 17.0 Å². The van der Waals surface area contributed by atoms with Gasteiger partial charge in [0, 0.05) is 12.1 Å². The molecule has 2 aliphatic heterocycles. The smallest absolute Gasteiger partial charge is 0.178 e. The lowest BCUT2D eigenvalue weighted by Gasteiger charge is -2.26. The summed E-state index contributed by atoms with van der Waals surface area (Å²) in [5, 5.41) is 0. The molecule has 3 rings (SSSR count). The van der Waals surface area contributed by atoms with Gasteiger partial charge in [0.2, 0.25) is 0 Å². The second-order valence-electron chi connectivity index (χ2n) is 4.25. The predicted molar refractivity (Wildman–Crippen MR) is 61.0 cm³/mol. The molecule has 1 atom stereocenters. The highest BCUT2D eigenvalue weighted by Gasteiger charge is 2.31. The summed E-state index contributed by atoms with van der Waals surface area (Å²) in [5.74, 6) is 1.18. The van der Waals surface area contributed by atoms with Gasteiger partial charge in [0.1, 0.15) is 13.2 Å². The number of benzene rings is 1. The SMILES string of the molecule is NC1CCS(=O)(=O)c2cc3c(cc21)OCCO3. The highest BCUT2D eigenvalue weighted by molar-refractivity contribution is 7.91. The van der Waals surface area contributed by atoms with E-state index in [0.29, 0.717) is 41.6 Å². The van der Waals surface area contributed by atoms with Crippen molar-refractivity contribution in [3.8, 4) is 11.5 Å². The number of fused-ring (bicyclic) bond motifs is 2. The molecule has 1 unspecified atom stereocenters. The average molecular weight is 255 g/mol. The molecule has 0 bridgehead atoms. The molecule has 2 N–H and O–H groups in total. The number of ether oxygens (including phenoxy) is 2. The van der Waals surface area contributed by atoms with E-state index in [1.165, 1.54) is 6.07 Å². The Kier molecular flexibility index (Phi) is 2.31. The first-order valence-corrected chi connectivity index (χ1v) is 7.15. The van der Waals surface area contributed by atoms with Gasteiger partial charge in [-0.3, -0.25) is 0 Å². The van der Waals surface area contributed by atoms with Crippen LogP contribution in [0.1, 0.15) is 18.0 Å². The van der Waals surface area contributed by atoms with E-state index in [1.54, 1.807) is 6.07 Å². The molecule has 2 aliphatic rings. The van der Waals surface area contributed by atoms with Crippen LogP contribution in [0, 0.1) is 0 Å². The summed E-state index contributed by atoms with van der Waals surface area (Å²) >= 11 is 0. The van der Waals surface area contributed by atoms with Crippen LogP contribution < -0.4 is 15.2 Å². The molecule has 1 aromatic carbocycles. The molecule has 2 heterocycles. The van der Waals surface area contributed by atoms with E-state index in [-0.39, 0.29) is 11.8 Å². The second-order valence-corrected chi connectivity index (χ2v) is 6.33. The molecule has 0 saturated heterocycles. The zero-order valence-electron chi connectivity index (χ0n) is 9.18. The first kappa shape index (κ1) is 10.9. The zero-order valence-corrected chi connectivity index (χ0v) is 10.00. The molecule has 0 fully saturated rings. The minimum absolute atomic E-state index is 0.0980. The Morgan fingerprint density at radius 2 is 1.82 bits per heavy atom. The van der Waals surface area contributed by atoms with Gasteiger partial charge in [-0.15, -0.1) is 0 Å². The summed E-state index contributed by atoms with van der Waals surface area (Å²) in [5.41, 5.74) is 6.58. The van der Waals surface area contributed by atoms with Gasteiger partial charge in [-0.1, -0.05) is 0 Å². The van der Waals surface area contributed by atoms with Gasteiger partial charge in [-0.25, -0.2) is 8.42 Å². The van der Waals surface area contributed by atoms with Crippen LogP contribution in [0.25, 0.3) is 0 Å². The van der Waals surface area contributed by atoms with Gasteiger partial charge in [-0.2, -0.15) is 0 Å². The second kappa shape index (κ2) is 3.61. The van der Waals surface area contributed by atoms with Crippen LogP contribution >= 0.6 is 0 Å². The van der Waals surface area contributed by atoms with E-state index in [4.69, 9.17) is 15.2 Å². The van der Waals surface area contributed by atoms with Crippen molar-refractivity contribution in [1.82, 2.24) is 0 Å². The molecule has 5 nitrogen and oxygen atoms in total. The van der Waals surface area contributed by atoms with Gasteiger partial charge < -0.3 is 15.2 Å². The van der Waals surface area contributed by atoms with Gasteiger partial charge in [0.05, 0.1) is 10.6 Å². The van der Waals surface area contributed by atoms with Crippen molar-refractivity contribution >= 4 is 9.84 Å². The van der Waals surface area contributed by atoms with Crippen molar-refractivity contribution in [3.05, 3.63) is 17.7 Å². The van der Waals surface area contributed by atoms with Gasteiger partial charge in [0.15, 0.2) is 21.3 Å². The quantitative estimate of drug-likeness (QED) is 0.735. The van der Waals surface area contributed by atoms with E-state index < -0.39 is 9.84 Å². The normalized spacial score (nSPS) is 25.1. The maximum atomic E-state index is 12.0. The van der Waals surface area contributed by atoms with Crippen LogP contribution in [-0.4, -0.2) is 27.4 Å². The molecule has 0 amide bonds. The molecule has 1 aromatic rings. The molecular formula is C11H13NO4S. The van der Waals surface area contributed by atoms with Crippen LogP contribution in [0.2, 0.25) is 0 Å². The van der Waals surface area contributed by atoms with E-state index in [0.717, 1.165) is 0 Å². The highest BCUT2D eigenvalue weighted by atomic mass is 32.2. The van der Waals surface area contributed by atoms with E-state index in [2.05, 4.69) is 0 Å². The van der Waals surface area contributed by atoms with Crippen molar-refractivity contribution in [1.29, 1.82) is 0 Å². The van der Waals surface area contributed by atoms with Crippen molar-refractivity contribution in [2.45, 2.75) is 17.4 Å². The fraction of sp³-hybridized carbons (Fsp3) is 0.455. The Morgan fingerprint density at radius 1 is 1.18 bits per heavy atom. The molecule has 0 aliphatic carbocycles. The van der Waals surface area contributed by atoms with Crippen molar-refractivity contribution in [3.63, 3.8) is 0 Å². The fourth-order valence-electron chi connectivity index (χ4n) is 2.19. The van der Waals surface area contributed by atoms with E-state index in [9.17, 15) is 8.42 Å². The van der Waals surface area contributed by atoms with Crippen LogP contribution in [0.4, 0.5) is 0 Å². The Labute approximate surface area is 99.4 Å². The van der Waals surface area contributed by atoms with Crippen molar-refractivity contribution < 1.29 is 17.9 Å². The van der Waals surface area contributed by atoms with Crippen LogP contribution in [0.5, 0.6) is 11.5 Å². The third-order valence-electron chi connectivity index (χ3n) is 3.11. The Morgan fingerprint density at radius 3 is 2.53 bits per heavy atom. The molecule has 6 heteroatoms. The third-order valence-corrected chi connectivity index (χ3v) is 4.90. The van der Waals surface area contributed by atoms with Gasteiger partial charge in [0.25, 0.3) is 0 Å². The molecular weight excluding hydrogens is 242 g/mol. The topological polar surface area (TPSA) is 78.6 Å². The minimum Gasteiger partial charge on any atom is -0.486 e. The first-order chi connectivity index (χ1) is 8.08. The van der Waals surface area contributed by atoms with Crippen molar-refractivity contribution in [2.24, 2.45) is 5.73 Å². The number of hydrogen-bond donors (Lipinski definition) is 1. The number of rotatable bonds is 0. The standard InChI is InChI=1S/C11H13NO4S/c12-8-1-4-17(13,14)11-6-10-9(5-7(8)11)15-2-3-16-10/h5-6,8H,1-4,12H2. The molecule has 0 saturated carbocycles. The molecule has 0 aromatic heterocycles. The minimum atomic E-state index is -3.22. The average Bonchev–Trinajstić information content (AvgIpc) is 2.33. The molecule has 0 spiro atoms. The maximum absolute atomic E-state index is 12.0. The van der Waals surface area contributed by atoms with E-state index >= 15 is 0 Å². The monoisotopic (exact) mass is 255 g/mol. The van der Waals surface area contributed by atoms with Gasteiger partial charge >= 0.3 is 0 Å². The Bertz CT molecular complexity index is 567. The van der Waals surface area contributed by atoms with Crippen LogP contribution in [-0.2, 0) is 9.84 Å². The summed E-state index contributed by atoms with van der Waals surface area (Å²) in [7, 11) is -3.22. The lowest BCUT2D eigenvalue weighted by atomic mass is 10.0. The lowest BCUT2D eigenvalue weighted by molar-refractivity contribution is 0.170. The van der Waals surface area contributed by atoms with Crippen LogP contribution in [0.3, 0.4) is 0 Å². The maximum Gasteiger partial charge on any atom is 0.178 e. The Hall–Kier alpha value is -1.27. The first-order valence-electron chi connectivity index (χ1n) is 5.50. The molecule has 92 valence electrons. The summed E-state index contributed by atoms with van der Waals surface area (Å²) < 4.78 is 34.7. The number of sulfone groups is 1. The largest absolute Gasteiger partial charge is 0.486 e. The number of hydrogen-bond acceptors (Lipinski definition) is 5. The third kappa shape index (κ3) is 1.68. The van der Waals surface area contributed by atoms with Crippen molar-refractivity contribution in [2.75, 3.05) is 19.0 Å². The number of nitrogens with two attached hydrogens (primary N) is 1. The van der Waals surface area contributed by atoms with Gasteiger partial charge in [-0.05, 0) is 18.1 Å². The summed E-state index contributed by atoms with van der Waals surface area (Å²) in [4.78, 5) is 0.292. The lowest BCUT2D eigenvalue weighted by Crippen LogP contribution is -2.26. The molecule has 17 heavy (non-hydrogen) atoms. The summed E-state index contributed by atoms with van der Waals surface area (Å²) in [6.45, 7) is 0.922. The summed E-state index contributed by atoms with van der Waals surface area (Å²) in [6.07, 6.45) is 0.453. The molecule has 0 radical (unpaired) electrons. The zero-order chi connectivity index (χ0) is 12.0. The fourth-order valence-corrected chi connectivity index (χ4v) is 3.83.